The van der Waals surface area contributed by atoms with Gasteiger partial charge in [0.15, 0.2) is 5.13 Å². The third-order valence-electron chi connectivity index (χ3n) is 3.04. The van der Waals surface area contributed by atoms with E-state index in [1.807, 2.05) is 12.1 Å². The van der Waals surface area contributed by atoms with Crippen molar-refractivity contribution in [1.82, 2.24) is 4.98 Å². The molecule has 0 unspecified atom stereocenters. The number of methoxy groups -OCH3 is 1. The maximum Gasteiger partial charge on any atom is 0.186 e. The number of hydrogen-bond acceptors (Lipinski definition) is 4. The molecule has 0 spiro atoms. The number of fused-ring (bicyclic) bond motifs is 1. The number of benzene rings is 1. The second-order valence-electron chi connectivity index (χ2n) is 4.12. The molecule has 98 valence electrons. The van der Waals surface area contributed by atoms with Crippen molar-refractivity contribution in [3.63, 3.8) is 0 Å². The smallest absolute Gasteiger partial charge is 0.186 e. The van der Waals surface area contributed by atoms with Crippen LogP contribution in [0.1, 0.15) is 12.8 Å². The van der Waals surface area contributed by atoms with Crippen molar-refractivity contribution in [3.8, 4) is 5.75 Å². The fourth-order valence-electron chi connectivity index (χ4n) is 2.15. The summed E-state index contributed by atoms with van der Waals surface area (Å²) in [4.78, 5) is 6.98. The average molecular weight is 305 g/mol. The number of rotatable bonds is 2. The Kier molecular flexibility index (Phi) is 4.20. The Bertz CT molecular complexity index is 552. The molecule has 18 heavy (non-hydrogen) atoms. The lowest BCUT2D eigenvalue weighted by molar-refractivity contribution is 0.419. The Morgan fingerprint density at radius 2 is 2.06 bits per heavy atom. The zero-order chi connectivity index (χ0) is 11.8. The van der Waals surface area contributed by atoms with E-state index in [-0.39, 0.29) is 12.4 Å². The second kappa shape index (κ2) is 5.51. The van der Waals surface area contributed by atoms with E-state index in [2.05, 4.69) is 9.88 Å². The highest BCUT2D eigenvalue weighted by atomic mass is 35.5. The molecule has 3 rings (SSSR count). The molecule has 0 aliphatic carbocycles. The maximum atomic E-state index is 6.20. The van der Waals surface area contributed by atoms with Crippen molar-refractivity contribution in [2.75, 3.05) is 25.1 Å². The van der Waals surface area contributed by atoms with Crippen LogP contribution < -0.4 is 9.64 Å². The SMILES string of the molecule is COc1ccc(Cl)c2sc(N3CCCC3)nc12.Cl. The van der Waals surface area contributed by atoms with Gasteiger partial charge in [-0.25, -0.2) is 4.98 Å². The fourth-order valence-corrected chi connectivity index (χ4v) is 3.46. The first-order valence-corrected chi connectivity index (χ1v) is 6.87. The molecule has 1 fully saturated rings. The minimum absolute atomic E-state index is 0. The predicted molar refractivity (Wildman–Crippen MR) is 79.9 cm³/mol. The van der Waals surface area contributed by atoms with E-state index in [0.29, 0.717) is 0 Å². The van der Waals surface area contributed by atoms with E-state index in [4.69, 9.17) is 16.3 Å². The lowest BCUT2D eigenvalue weighted by Crippen LogP contribution is -2.16. The molecule has 0 atom stereocenters. The van der Waals surface area contributed by atoms with Crippen LogP contribution in [0.2, 0.25) is 5.02 Å². The number of aromatic nitrogens is 1. The Hall–Kier alpha value is -0.710. The summed E-state index contributed by atoms with van der Waals surface area (Å²) >= 11 is 7.86. The van der Waals surface area contributed by atoms with Crippen LogP contribution in [0.3, 0.4) is 0 Å². The molecule has 2 heterocycles. The number of nitrogens with zero attached hydrogens (tertiary/aromatic N) is 2. The number of halogens is 2. The molecule has 1 aliphatic rings. The molecule has 0 radical (unpaired) electrons. The molecule has 6 heteroatoms. The lowest BCUT2D eigenvalue weighted by Gasteiger charge is -2.11. The highest BCUT2D eigenvalue weighted by Crippen LogP contribution is 2.39. The largest absolute Gasteiger partial charge is 0.494 e. The Labute approximate surface area is 121 Å². The Morgan fingerprint density at radius 3 is 2.72 bits per heavy atom. The summed E-state index contributed by atoms with van der Waals surface area (Å²) in [6.45, 7) is 2.19. The van der Waals surface area contributed by atoms with Crippen molar-refractivity contribution < 1.29 is 4.74 Å². The van der Waals surface area contributed by atoms with Crippen LogP contribution in [0.25, 0.3) is 10.2 Å². The minimum Gasteiger partial charge on any atom is -0.494 e. The predicted octanol–water partition coefficient (Wildman–Crippen LogP) is 3.98. The van der Waals surface area contributed by atoms with Crippen LogP contribution in [0.15, 0.2) is 12.1 Å². The molecule has 2 aromatic rings. The highest BCUT2D eigenvalue weighted by molar-refractivity contribution is 7.22. The van der Waals surface area contributed by atoms with Crippen LogP contribution >= 0.6 is 35.3 Å². The summed E-state index contributed by atoms with van der Waals surface area (Å²) in [5, 5.41) is 1.81. The second-order valence-corrected chi connectivity index (χ2v) is 5.50. The monoisotopic (exact) mass is 304 g/mol. The van der Waals surface area contributed by atoms with E-state index >= 15 is 0 Å². The van der Waals surface area contributed by atoms with Gasteiger partial charge in [0.25, 0.3) is 0 Å². The number of ether oxygens (including phenoxy) is 1. The van der Waals surface area contributed by atoms with Gasteiger partial charge in [-0.1, -0.05) is 22.9 Å². The third-order valence-corrected chi connectivity index (χ3v) is 4.62. The fraction of sp³-hybridized carbons (Fsp3) is 0.417. The summed E-state index contributed by atoms with van der Waals surface area (Å²) in [5.41, 5.74) is 0.881. The third kappa shape index (κ3) is 2.25. The van der Waals surface area contributed by atoms with E-state index < -0.39 is 0 Å². The topological polar surface area (TPSA) is 25.4 Å². The first-order chi connectivity index (χ1) is 8.29. The van der Waals surface area contributed by atoms with Crippen LogP contribution in [-0.2, 0) is 0 Å². The maximum absolute atomic E-state index is 6.20. The first-order valence-electron chi connectivity index (χ1n) is 5.67. The molecule has 1 aliphatic heterocycles. The molecule has 3 nitrogen and oxygen atoms in total. The summed E-state index contributed by atoms with van der Waals surface area (Å²) in [5.74, 6) is 0.797. The molecule has 1 aromatic heterocycles. The summed E-state index contributed by atoms with van der Waals surface area (Å²) < 4.78 is 6.35. The first kappa shape index (κ1) is 13.7. The van der Waals surface area contributed by atoms with E-state index in [1.165, 1.54) is 12.8 Å². The van der Waals surface area contributed by atoms with Gasteiger partial charge < -0.3 is 9.64 Å². The number of thiazole rings is 1. The minimum atomic E-state index is 0. The van der Waals surface area contributed by atoms with Gasteiger partial charge in [0.1, 0.15) is 11.3 Å². The van der Waals surface area contributed by atoms with E-state index in [1.54, 1.807) is 18.4 Å². The van der Waals surface area contributed by atoms with Crippen LogP contribution in [0, 0.1) is 0 Å². The molecular formula is C12H14Cl2N2OS. The zero-order valence-electron chi connectivity index (χ0n) is 9.98. The van der Waals surface area contributed by atoms with E-state index in [9.17, 15) is 0 Å². The molecule has 0 N–H and O–H groups in total. The van der Waals surface area contributed by atoms with Gasteiger partial charge >= 0.3 is 0 Å². The quantitative estimate of drug-likeness (QED) is 0.839. The van der Waals surface area contributed by atoms with Gasteiger partial charge in [-0.3, -0.25) is 0 Å². The van der Waals surface area contributed by atoms with E-state index in [0.717, 1.165) is 39.2 Å². The van der Waals surface area contributed by atoms with Crippen LogP contribution in [0.4, 0.5) is 5.13 Å². The van der Waals surface area contributed by atoms with Crippen LogP contribution in [0.5, 0.6) is 5.75 Å². The lowest BCUT2D eigenvalue weighted by atomic mass is 10.3. The highest BCUT2D eigenvalue weighted by Gasteiger charge is 2.19. The van der Waals surface area contributed by atoms with Crippen LogP contribution in [-0.4, -0.2) is 25.2 Å². The van der Waals surface area contributed by atoms with Crippen molar-refractivity contribution in [3.05, 3.63) is 17.2 Å². The summed E-state index contributed by atoms with van der Waals surface area (Å²) in [7, 11) is 1.66. The zero-order valence-corrected chi connectivity index (χ0v) is 12.4. The molecule has 0 bridgehead atoms. The van der Waals surface area contributed by atoms with Gasteiger partial charge in [0, 0.05) is 13.1 Å². The van der Waals surface area contributed by atoms with Gasteiger partial charge in [0.05, 0.1) is 16.8 Å². The molecule has 1 saturated heterocycles. The normalized spacial score (nSPS) is 14.9. The van der Waals surface area contributed by atoms with Crippen molar-refractivity contribution >= 4 is 50.7 Å². The molecule has 1 aromatic carbocycles. The standard InChI is InChI=1S/C12H13ClN2OS.ClH/c1-16-9-5-4-8(13)11-10(9)14-12(17-11)15-6-2-3-7-15;/h4-5H,2-3,6-7H2,1H3;1H. The van der Waals surface area contributed by atoms with Crippen molar-refractivity contribution in [2.45, 2.75) is 12.8 Å². The summed E-state index contributed by atoms with van der Waals surface area (Å²) in [6, 6.07) is 3.74. The van der Waals surface area contributed by atoms with Crippen molar-refractivity contribution in [1.29, 1.82) is 0 Å². The van der Waals surface area contributed by atoms with Crippen molar-refractivity contribution in [2.24, 2.45) is 0 Å². The Balaban J connectivity index is 0.00000120. The molecule has 0 amide bonds. The number of anilines is 1. The molecule has 0 saturated carbocycles. The average Bonchev–Trinajstić information content (AvgIpc) is 2.98. The van der Waals surface area contributed by atoms with Gasteiger partial charge in [-0.05, 0) is 25.0 Å². The van der Waals surface area contributed by atoms with Gasteiger partial charge in [-0.2, -0.15) is 0 Å². The van der Waals surface area contributed by atoms with Gasteiger partial charge in [0.2, 0.25) is 0 Å². The van der Waals surface area contributed by atoms with Gasteiger partial charge in [-0.15, -0.1) is 12.4 Å². The molecular weight excluding hydrogens is 291 g/mol. The Morgan fingerprint density at radius 1 is 1.33 bits per heavy atom. The summed E-state index contributed by atoms with van der Waals surface area (Å²) in [6.07, 6.45) is 2.50. The number of hydrogen-bond donors (Lipinski definition) is 0.